The number of hydrogen-bond donors (Lipinski definition) is 2. The predicted molar refractivity (Wildman–Crippen MR) is 148 cm³/mol. The molecule has 2 unspecified atom stereocenters. The van der Waals surface area contributed by atoms with Gasteiger partial charge in [0.25, 0.3) is 5.91 Å². The first-order chi connectivity index (χ1) is 19.7. The molecule has 12 heteroatoms. The number of carbonyl (C=O) groups excluding carboxylic acids is 3. The van der Waals surface area contributed by atoms with E-state index in [1.165, 1.54) is 19.2 Å². The third-order valence-corrected chi connectivity index (χ3v) is 9.84. The Morgan fingerprint density at radius 2 is 1.66 bits per heavy atom. The molecule has 1 aromatic heterocycles. The first-order valence-corrected chi connectivity index (χ1v) is 14.1. The van der Waals surface area contributed by atoms with Crippen molar-refractivity contribution < 1.29 is 32.3 Å². The molecular formula is C29H26N4O7S. The Morgan fingerprint density at radius 3 is 2.22 bits per heavy atom. The van der Waals surface area contributed by atoms with Gasteiger partial charge < -0.3 is 14.4 Å². The average molecular weight is 575 g/mol. The van der Waals surface area contributed by atoms with Gasteiger partial charge in [-0.05, 0) is 36.3 Å². The van der Waals surface area contributed by atoms with E-state index in [1.807, 2.05) is 17.4 Å². The smallest absolute Gasteiger partial charge is 0.412 e. The minimum absolute atomic E-state index is 0.0585. The van der Waals surface area contributed by atoms with Gasteiger partial charge in [-0.15, -0.1) is 0 Å². The maximum atomic E-state index is 14.0. The number of esters is 1. The molecule has 0 aliphatic carbocycles. The molecule has 3 atom stereocenters. The Balaban J connectivity index is 1.55. The second-order valence-corrected chi connectivity index (χ2v) is 12.2. The highest BCUT2D eigenvalue weighted by atomic mass is 32.2. The summed E-state index contributed by atoms with van der Waals surface area (Å²) < 4.78 is 37.1. The maximum Gasteiger partial charge on any atom is 0.412 e. The van der Waals surface area contributed by atoms with Crippen LogP contribution in [0.2, 0.25) is 0 Å². The Labute approximate surface area is 236 Å². The van der Waals surface area contributed by atoms with Gasteiger partial charge in [-0.3, -0.25) is 20.5 Å². The number of β-lactam (4-membered cyclic amide) rings is 1. The van der Waals surface area contributed by atoms with Crippen molar-refractivity contribution in [1.82, 2.24) is 15.2 Å². The Morgan fingerprint density at radius 1 is 1.05 bits per heavy atom. The Bertz CT molecular complexity index is 1580. The second kappa shape index (κ2) is 11.0. The number of nitrogens with zero attached hydrogens (tertiary/aromatic N) is 2. The van der Waals surface area contributed by atoms with E-state index in [0.717, 1.165) is 4.90 Å². The fraction of sp³-hybridized carbons (Fsp3) is 0.207. The van der Waals surface area contributed by atoms with E-state index in [9.17, 15) is 22.8 Å². The van der Waals surface area contributed by atoms with Gasteiger partial charge in [0.15, 0.2) is 27.4 Å². The van der Waals surface area contributed by atoms with Crippen molar-refractivity contribution in [2.24, 2.45) is 0 Å². The molecule has 2 aromatic carbocycles. The van der Waals surface area contributed by atoms with Crippen LogP contribution >= 0.6 is 0 Å². The van der Waals surface area contributed by atoms with Crippen molar-refractivity contribution in [2.45, 2.75) is 29.2 Å². The summed E-state index contributed by atoms with van der Waals surface area (Å²) in [4.78, 5) is 44.5. The van der Waals surface area contributed by atoms with E-state index in [4.69, 9.17) is 14.9 Å². The molecule has 2 amide bonds. The molecular weight excluding hydrogens is 548 g/mol. The van der Waals surface area contributed by atoms with Gasteiger partial charge in [0.05, 0.1) is 17.6 Å². The molecule has 2 aliphatic rings. The summed E-state index contributed by atoms with van der Waals surface area (Å²) in [5.74, 6) is -1.65. The number of benzene rings is 2. The first kappa shape index (κ1) is 27.7. The van der Waals surface area contributed by atoms with Crippen molar-refractivity contribution in [3.8, 4) is 0 Å². The fourth-order valence-corrected chi connectivity index (χ4v) is 7.34. The third kappa shape index (κ3) is 4.86. The molecule has 3 heterocycles. The van der Waals surface area contributed by atoms with Crippen LogP contribution in [0, 0.1) is 5.41 Å². The topological polar surface area (TPSA) is 156 Å². The summed E-state index contributed by atoms with van der Waals surface area (Å²) in [6, 6.07) is 21.2. The van der Waals surface area contributed by atoms with Crippen LogP contribution in [-0.2, 0) is 28.9 Å². The van der Waals surface area contributed by atoms with E-state index in [0.29, 0.717) is 23.2 Å². The number of ether oxygens (including phenoxy) is 2. The molecule has 41 heavy (non-hydrogen) atoms. The van der Waals surface area contributed by atoms with Gasteiger partial charge in [-0.1, -0.05) is 66.7 Å². The Kier molecular flexibility index (Phi) is 7.41. The highest BCUT2D eigenvalue weighted by Crippen LogP contribution is 2.50. The summed E-state index contributed by atoms with van der Waals surface area (Å²) in [5.41, 5.74) is 1.59. The number of sulfone groups is 1. The molecule has 0 bridgehead atoms. The van der Waals surface area contributed by atoms with Crippen LogP contribution in [0.5, 0.6) is 0 Å². The minimum atomic E-state index is -4.35. The number of nitrogens with one attached hydrogen (secondary N) is 2. The highest BCUT2D eigenvalue weighted by Gasteiger charge is 2.73. The van der Waals surface area contributed by atoms with Gasteiger partial charge in [0, 0.05) is 6.20 Å². The number of rotatable bonds is 8. The predicted octanol–water partition coefficient (Wildman–Crippen LogP) is 2.86. The van der Waals surface area contributed by atoms with Crippen LogP contribution in [0.3, 0.4) is 0 Å². The van der Waals surface area contributed by atoms with E-state index >= 15 is 0 Å². The van der Waals surface area contributed by atoms with Gasteiger partial charge in [0.2, 0.25) is 0 Å². The zero-order valence-corrected chi connectivity index (χ0v) is 22.7. The van der Waals surface area contributed by atoms with Gasteiger partial charge in [-0.25, -0.2) is 18.0 Å². The highest BCUT2D eigenvalue weighted by molar-refractivity contribution is 7.94. The van der Waals surface area contributed by atoms with Gasteiger partial charge >= 0.3 is 12.1 Å². The molecule has 2 fully saturated rings. The summed E-state index contributed by atoms with van der Waals surface area (Å²) in [6.45, 7) is 0.475. The molecule has 5 rings (SSSR count). The van der Waals surface area contributed by atoms with Gasteiger partial charge in [0.1, 0.15) is 11.4 Å². The second-order valence-electron chi connectivity index (χ2n) is 9.68. The van der Waals surface area contributed by atoms with E-state index in [2.05, 4.69) is 4.98 Å². The molecule has 0 radical (unpaired) electrons. The van der Waals surface area contributed by atoms with Crippen LogP contribution in [0.4, 0.5) is 4.79 Å². The lowest BCUT2D eigenvalue weighted by molar-refractivity contribution is -0.161. The molecule has 11 nitrogen and oxygen atoms in total. The summed E-state index contributed by atoms with van der Waals surface area (Å²) >= 11 is 0. The number of aromatic nitrogens is 1. The average Bonchev–Trinajstić information content (AvgIpc) is 3.15. The number of amides is 2. The van der Waals surface area contributed by atoms with E-state index in [1.54, 1.807) is 66.7 Å². The number of pyridine rings is 1. The number of alkyl carbamates (subject to hydrolysis) is 1. The van der Waals surface area contributed by atoms with Crippen LogP contribution < -0.4 is 5.32 Å². The van der Waals surface area contributed by atoms with E-state index in [-0.39, 0.29) is 5.57 Å². The maximum absolute atomic E-state index is 14.0. The van der Waals surface area contributed by atoms with E-state index < -0.39 is 56.7 Å². The molecule has 2 N–H and O–H groups in total. The zero-order chi connectivity index (χ0) is 29.2. The molecule has 0 spiro atoms. The zero-order valence-electron chi connectivity index (χ0n) is 21.8. The Hall–Kier alpha value is -4.84. The van der Waals surface area contributed by atoms with Crippen LogP contribution in [-0.4, -0.2) is 65.4 Å². The van der Waals surface area contributed by atoms with Crippen LogP contribution in [0.15, 0.2) is 90.6 Å². The number of fused-ring (bicyclic) bond motifs is 1. The molecule has 0 saturated carbocycles. The van der Waals surface area contributed by atoms with Crippen molar-refractivity contribution in [3.63, 3.8) is 0 Å². The molecule has 2 saturated heterocycles. The van der Waals surface area contributed by atoms with Gasteiger partial charge in [-0.2, -0.15) is 0 Å². The fourth-order valence-electron chi connectivity index (χ4n) is 5.07. The lowest BCUT2D eigenvalue weighted by atomic mass is 9.94. The quantitative estimate of drug-likeness (QED) is 0.137. The SMILES string of the molecule is CC1(COC(=O)NC=N)[C@H](C(=O)OC(c2ccccc2)c2ccccc2)N2C(=O)/C(=C/c3ccccn3)C2S1(=O)=O. The van der Waals surface area contributed by atoms with Crippen molar-refractivity contribution >= 4 is 40.2 Å². The molecule has 210 valence electrons. The summed E-state index contributed by atoms with van der Waals surface area (Å²) in [6.07, 6.45) is 1.46. The standard InChI is InChI=1S/C29H26N4O7S/c1-29(17-39-28(36)32-18-30)24(27(35)40-23(19-10-4-2-5-11-19)20-12-6-3-7-13-20)33-25(34)22(26(33)41(29,37)38)16-21-14-8-9-15-31-21/h2-16,18,23-24,26H,17H2,1H3,(H2,30,32,36)/b22-16-/t24-,26?,29?/m0/s1. The first-order valence-electron chi connectivity index (χ1n) is 12.6. The third-order valence-electron chi connectivity index (χ3n) is 7.13. The lowest BCUT2D eigenvalue weighted by Crippen LogP contribution is -2.60. The monoisotopic (exact) mass is 574 g/mol. The van der Waals surface area contributed by atoms with Crippen LogP contribution in [0.25, 0.3) is 6.08 Å². The van der Waals surface area contributed by atoms with Crippen molar-refractivity contribution in [1.29, 1.82) is 5.41 Å². The summed E-state index contributed by atoms with van der Waals surface area (Å²) in [7, 11) is -4.35. The number of carbonyl (C=O) groups is 3. The molecule has 2 aliphatic heterocycles. The largest absolute Gasteiger partial charge is 0.451 e. The normalized spacial score (nSPS) is 23.4. The van der Waals surface area contributed by atoms with Crippen molar-refractivity contribution in [3.05, 3.63) is 107 Å². The lowest BCUT2D eigenvalue weighted by Gasteiger charge is -2.39. The minimum Gasteiger partial charge on any atom is -0.451 e. The van der Waals surface area contributed by atoms with Crippen molar-refractivity contribution in [2.75, 3.05) is 6.61 Å². The molecule has 3 aromatic rings. The number of hydrogen-bond acceptors (Lipinski definition) is 9. The van der Waals surface area contributed by atoms with Crippen LogP contribution in [0.1, 0.15) is 29.8 Å². The summed E-state index contributed by atoms with van der Waals surface area (Å²) in [5, 5.41) is 7.55.